The van der Waals surface area contributed by atoms with Crippen LogP contribution in [0, 0.1) is 0 Å². The molecule has 1 amide bonds. The highest BCUT2D eigenvalue weighted by Crippen LogP contribution is 2.26. The third-order valence-electron chi connectivity index (χ3n) is 5.30. The van der Waals surface area contributed by atoms with Crippen LogP contribution in [0.15, 0.2) is 6.20 Å². The summed E-state index contributed by atoms with van der Waals surface area (Å²) in [5.74, 6) is 0.308. The number of carbonyl (C=O) groups excluding carboxylic acids is 1. The Morgan fingerprint density at radius 3 is 2.32 bits per heavy atom. The number of primary amides is 1. The van der Waals surface area contributed by atoms with Gasteiger partial charge in [0.1, 0.15) is 5.82 Å². The van der Waals surface area contributed by atoms with E-state index in [0.29, 0.717) is 37.4 Å². The number of amides is 1. The third kappa shape index (κ3) is 6.23. The lowest BCUT2D eigenvalue weighted by Crippen LogP contribution is -2.31. The number of rotatable bonds is 7. The van der Waals surface area contributed by atoms with Gasteiger partial charge in [-0.3, -0.25) is 4.79 Å². The molecule has 1 aromatic rings. The molecule has 0 atom stereocenters. The van der Waals surface area contributed by atoms with Gasteiger partial charge in [0.25, 0.3) is 5.91 Å². The maximum Gasteiger partial charge on any atom is 0.345 e. The van der Waals surface area contributed by atoms with Gasteiger partial charge in [0, 0.05) is 18.3 Å². The number of carbonyl (C=O) groups is 1. The average Bonchev–Trinajstić information content (AvgIpc) is 2.64. The molecule has 0 spiro atoms. The molecule has 8 nitrogen and oxygen atoms in total. The van der Waals surface area contributed by atoms with Crippen molar-refractivity contribution in [3.8, 4) is 0 Å². The van der Waals surface area contributed by atoms with E-state index in [1.165, 1.54) is 12.6 Å². The molecule has 158 valence electrons. The molecular formula is C18H29F2N5O3. The van der Waals surface area contributed by atoms with Gasteiger partial charge in [0.15, 0.2) is 0 Å². The topological polar surface area (TPSA) is 134 Å². The molecule has 0 bridgehead atoms. The Morgan fingerprint density at radius 2 is 1.71 bits per heavy atom. The number of halogens is 2. The summed E-state index contributed by atoms with van der Waals surface area (Å²) in [6.45, 7) is -2.72. The van der Waals surface area contributed by atoms with Crippen molar-refractivity contribution < 1.29 is 23.8 Å². The van der Waals surface area contributed by atoms with E-state index < -0.39 is 18.6 Å². The summed E-state index contributed by atoms with van der Waals surface area (Å²) < 4.78 is 29.2. The van der Waals surface area contributed by atoms with Crippen LogP contribution >= 0.6 is 0 Å². The summed E-state index contributed by atoms with van der Waals surface area (Å²) >= 11 is 0. The summed E-state index contributed by atoms with van der Waals surface area (Å²) in [5.41, 5.74) is 5.73. The number of hydrogen-bond acceptors (Lipinski definition) is 6. The molecule has 2 fully saturated rings. The molecule has 6 N–H and O–H groups in total. The second-order valence-corrected chi connectivity index (χ2v) is 7.31. The van der Waals surface area contributed by atoms with Crippen molar-refractivity contribution in [3.05, 3.63) is 11.8 Å². The van der Waals surface area contributed by atoms with E-state index in [1.807, 2.05) is 0 Å². The highest BCUT2D eigenvalue weighted by Gasteiger charge is 2.25. The quantitative estimate of drug-likeness (QED) is 0.642. The van der Waals surface area contributed by atoms with Crippen molar-refractivity contribution >= 4 is 17.7 Å². The zero-order valence-electron chi connectivity index (χ0n) is 15.8. The van der Waals surface area contributed by atoms with E-state index in [9.17, 15) is 13.6 Å². The van der Waals surface area contributed by atoms with Crippen LogP contribution in [0.2, 0.25) is 0 Å². The standard InChI is InChI=1S/C18H27F2N5O2.H2O/c19-17(20)27-13-8-6-12(7-9-13)24-18-22-10-14(15(21)26)16(25-18)23-11-4-2-1-3-5-11;/h10-13,17H,1-9H2,(H2,21,26)(H2,22,23,24,25);1H2. The van der Waals surface area contributed by atoms with E-state index in [2.05, 4.69) is 25.3 Å². The van der Waals surface area contributed by atoms with Crippen molar-refractivity contribution in [2.24, 2.45) is 5.73 Å². The Morgan fingerprint density at radius 1 is 1.07 bits per heavy atom. The van der Waals surface area contributed by atoms with Crippen molar-refractivity contribution in [3.63, 3.8) is 0 Å². The zero-order chi connectivity index (χ0) is 19.2. The predicted molar refractivity (Wildman–Crippen MR) is 101 cm³/mol. The second-order valence-electron chi connectivity index (χ2n) is 7.31. The average molecular weight is 401 g/mol. The van der Waals surface area contributed by atoms with Gasteiger partial charge in [-0.05, 0) is 38.5 Å². The lowest BCUT2D eigenvalue weighted by Gasteiger charge is -2.29. The molecule has 2 saturated carbocycles. The first kappa shape index (κ1) is 22.2. The van der Waals surface area contributed by atoms with Gasteiger partial charge < -0.3 is 26.6 Å². The molecule has 2 aliphatic rings. The SMILES string of the molecule is NC(=O)c1cnc(NC2CCC(OC(F)F)CC2)nc1NC1CCCCC1.O. The summed E-state index contributed by atoms with van der Waals surface area (Å²) in [6.07, 6.45) is 9.19. The van der Waals surface area contributed by atoms with Crippen LogP contribution in [0.25, 0.3) is 0 Å². The molecule has 0 radical (unpaired) electrons. The number of aromatic nitrogens is 2. The molecule has 0 aliphatic heterocycles. The Kier molecular flexibility index (Phi) is 8.31. The highest BCUT2D eigenvalue weighted by molar-refractivity contribution is 5.97. The Bertz CT molecular complexity index is 636. The van der Waals surface area contributed by atoms with Gasteiger partial charge in [-0.2, -0.15) is 13.8 Å². The monoisotopic (exact) mass is 401 g/mol. The minimum atomic E-state index is -2.72. The van der Waals surface area contributed by atoms with E-state index >= 15 is 0 Å². The lowest BCUT2D eigenvalue weighted by molar-refractivity contribution is -0.169. The number of hydrogen-bond donors (Lipinski definition) is 3. The first-order chi connectivity index (χ1) is 13.0. The summed E-state index contributed by atoms with van der Waals surface area (Å²) in [6, 6.07) is 0.367. The summed E-state index contributed by atoms with van der Waals surface area (Å²) in [4.78, 5) is 20.4. The van der Waals surface area contributed by atoms with Crippen LogP contribution in [-0.4, -0.2) is 46.2 Å². The largest absolute Gasteiger partial charge is 0.412 e. The fourth-order valence-corrected chi connectivity index (χ4v) is 3.85. The van der Waals surface area contributed by atoms with Gasteiger partial charge in [0.2, 0.25) is 5.95 Å². The molecule has 28 heavy (non-hydrogen) atoms. The Labute approximate surface area is 162 Å². The van der Waals surface area contributed by atoms with Crippen LogP contribution in [0.4, 0.5) is 20.5 Å². The summed E-state index contributed by atoms with van der Waals surface area (Å²) in [5, 5.41) is 6.58. The molecule has 10 heteroatoms. The normalized spacial score (nSPS) is 23.1. The van der Waals surface area contributed by atoms with Gasteiger partial charge >= 0.3 is 6.61 Å². The molecule has 1 heterocycles. The first-order valence-corrected chi connectivity index (χ1v) is 9.65. The van der Waals surface area contributed by atoms with Crippen LogP contribution < -0.4 is 16.4 Å². The van der Waals surface area contributed by atoms with Gasteiger partial charge in [-0.15, -0.1) is 0 Å². The molecule has 3 rings (SSSR count). The maximum atomic E-state index is 12.3. The van der Waals surface area contributed by atoms with Crippen LogP contribution in [0.3, 0.4) is 0 Å². The van der Waals surface area contributed by atoms with Gasteiger partial charge in [-0.1, -0.05) is 19.3 Å². The van der Waals surface area contributed by atoms with Crippen LogP contribution in [-0.2, 0) is 4.74 Å². The third-order valence-corrected chi connectivity index (χ3v) is 5.30. The predicted octanol–water partition coefficient (Wildman–Crippen LogP) is 2.46. The van der Waals surface area contributed by atoms with E-state index in [0.717, 1.165) is 25.7 Å². The van der Waals surface area contributed by atoms with Gasteiger partial charge in [-0.25, -0.2) is 4.98 Å². The van der Waals surface area contributed by atoms with Crippen molar-refractivity contribution in [1.29, 1.82) is 0 Å². The smallest absolute Gasteiger partial charge is 0.345 e. The van der Waals surface area contributed by atoms with Crippen LogP contribution in [0.5, 0.6) is 0 Å². The first-order valence-electron chi connectivity index (χ1n) is 9.65. The number of anilines is 2. The fraction of sp³-hybridized carbons (Fsp3) is 0.722. The molecule has 1 aromatic heterocycles. The van der Waals surface area contributed by atoms with Gasteiger partial charge in [0.05, 0.1) is 11.7 Å². The Hall–Kier alpha value is -2.07. The number of alkyl halides is 2. The van der Waals surface area contributed by atoms with E-state index in [1.54, 1.807) is 0 Å². The number of nitrogens with zero attached hydrogens (tertiary/aromatic N) is 2. The van der Waals surface area contributed by atoms with Crippen molar-refractivity contribution in [2.45, 2.75) is 82.6 Å². The zero-order valence-corrected chi connectivity index (χ0v) is 15.8. The summed E-state index contributed by atoms with van der Waals surface area (Å²) in [7, 11) is 0. The number of ether oxygens (including phenoxy) is 1. The van der Waals surface area contributed by atoms with E-state index in [-0.39, 0.29) is 23.1 Å². The van der Waals surface area contributed by atoms with Crippen molar-refractivity contribution in [2.75, 3.05) is 10.6 Å². The molecule has 2 aliphatic carbocycles. The maximum absolute atomic E-state index is 12.3. The van der Waals surface area contributed by atoms with Crippen molar-refractivity contribution in [1.82, 2.24) is 9.97 Å². The molecule has 0 aromatic carbocycles. The van der Waals surface area contributed by atoms with E-state index in [4.69, 9.17) is 5.73 Å². The second kappa shape index (κ2) is 10.5. The highest BCUT2D eigenvalue weighted by atomic mass is 19.3. The minimum Gasteiger partial charge on any atom is -0.412 e. The fourth-order valence-electron chi connectivity index (χ4n) is 3.85. The molecular weight excluding hydrogens is 372 g/mol. The number of nitrogens with two attached hydrogens (primary N) is 1. The van der Waals surface area contributed by atoms with Crippen LogP contribution in [0.1, 0.15) is 68.1 Å². The molecule has 0 saturated heterocycles. The Balaban J connectivity index is 0.00000280. The number of nitrogens with one attached hydrogen (secondary N) is 2. The lowest BCUT2D eigenvalue weighted by atomic mass is 9.93. The minimum absolute atomic E-state index is 0. The molecule has 0 unspecified atom stereocenters.